The largest absolute Gasteiger partial charge is 0.353 e. The molecule has 1 aliphatic carbocycles. The first-order valence-electron chi connectivity index (χ1n) is 12.0. The fraction of sp³-hybridized carbons (Fsp3) is 0.519. The third kappa shape index (κ3) is 4.87. The van der Waals surface area contributed by atoms with Crippen molar-refractivity contribution < 1.29 is 9.59 Å². The van der Waals surface area contributed by atoms with E-state index in [1.165, 1.54) is 24.0 Å². The van der Waals surface area contributed by atoms with Crippen LogP contribution < -0.4 is 5.32 Å². The molecule has 1 aliphatic heterocycles. The van der Waals surface area contributed by atoms with E-state index in [9.17, 15) is 9.59 Å². The van der Waals surface area contributed by atoms with E-state index in [4.69, 9.17) is 0 Å². The lowest BCUT2D eigenvalue weighted by molar-refractivity contribution is -0.132. The Hall–Kier alpha value is -2.69. The molecule has 2 heterocycles. The van der Waals surface area contributed by atoms with Crippen LogP contribution in [0.5, 0.6) is 0 Å². The Balaban J connectivity index is 1.52. The van der Waals surface area contributed by atoms with Gasteiger partial charge in [-0.2, -0.15) is 0 Å². The van der Waals surface area contributed by atoms with Crippen molar-refractivity contribution in [1.29, 1.82) is 0 Å². The molecule has 0 bridgehead atoms. The molecule has 0 spiro atoms. The van der Waals surface area contributed by atoms with Gasteiger partial charge < -0.3 is 10.2 Å². The summed E-state index contributed by atoms with van der Waals surface area (Å²) >= 11 is 0. The fourth-order valence-electron chi connectivity index (χ4n) is 5.56. The van der Waals surface area contributed by atoms with Crippen LogP contribution in [0.1, 0.15) is 54.6 Å². The third-order valence-electron chi connectivity index (χ3n) is 7.69. The van der Waals surface area contributed by atoms with Gasteiger partial charge in [0, 0.05) is 37.1 Å². The first kappa shape index (κ1) is 22.5. The number of nitrogens with one attached hydrogen (secondary N) is 1. The van der Waals surface area contributed by atoms with E-state index >= 15 is 0 Å². The molecule has 1 N–H and O–H groups in total. The second kappa shape index (κ2) is 9.85. The van der Waals surface area contributed by atoms with Crippen LogP contribution in [0.4, 0.5) is 0 Å². The maximum absolute atomic E-state index is 13.4. The summed E-state index contributed by atoms with van der Waals surface area (Å²) in [6.45, 7) is 7.73. The van der Waals surface area contributed by atoms with Gasteiger partial charge in [-0.1, -0.05) is 44.5 Å². The topological polar surface area (TPSA) is 62.3 Å². The second-order valence-electron chi connectivity index (χ2n) is 9.83. The normalized spacial score (nSPS) is 27.3. The summed E-state index contributed by atoms with van der Waals surface area (Å²) in [6, 6.07) is 12.1. The van der Waals surface area contributed by atoms with Gasteiger partial charge in [-0.15, -0.1) is 0 Å². The number of benzene rings is 1. The molecule has 4 rings (SSSR count). The van der Waals surface area contributed by atoms with E-state index in [1.54, 1.807) is 24.5 Å². The molecule has 5 nitrogen and oxygen atoms in total. The van der Waals surface area contributed by atoms with Crippen LogP contribution >= 0.6 is 0 Å². The number of rotatable bonds is 6. The van der Waals surface area contributed by atoms with Crippen LogP contribution in [0.3, 0.4) is 0 Å². The number of fused-ring (bicyclic) bond motifs is 1. The molecule has 32 heavy (non-hydrogen) atoms. The predicted octanol–water partition coefficient (Wildman–Crippen LogP) is 4.26. The Morgan fingerprint density at radius 3 is 2.56 bits per heavy atom. The summed E-state index contributed by atoms with van der Waals surface area (Å²) in [4.78, 5) is 32.4. The van der Waals surface area contributed by atoms with Gasteiger partial charge in [0.2, 0.25) is 5.91 Å². The summed E-state index contributed by atoms with van der Waals surface area (Å²) in [5.41, 5.74) is 3.09. The lowest BCUT2D eigenvalue weighted by Crippen LogP contribution is -2.57. The lowest BCUT2D eigenvalue weighted by Gasteiger charge is -2.46. The zero-order valence-corrected chi connectivity index (χ0v) is 19.5. The average Bonchev–Trinajstić information content (AvgIpc) is 2.81. The van der Waals surface area contributed by atoms with Crippen LogP contribution in [0.25, 0.3) is 0 Å². The van der Waals surface area contributed by atoms with Gasteiger partial charge in [0.25, 0.3) is 5.91 Å². The number of carbonyl (C=O) groups is 2. The SMILES string of the molecule is Cc1ccccc1CCN(CC1CC2C(C)CCC(C)C2NC1=O)C(=O)c1ccncc1. The minimum absolute atomic E-state index is 0.0269. The van der Waals surface area contributed by atoms with E-state index in [2.05, 4.69) is 43.2 Å². The molecule has 1 saturated heterocycles. The highest BCUT2D eigenvalue weighted by Gasteiger charge is 2.43. The number of piperidine rings is 1. The number of amides is 2. The molecule has 1 saturated carbocycles. The number of hydrogen-bond acceptors (Lipinski definition) is 3. The number of pyridine rings is 1. The van der Waals surface area contributed by atoms with Crippen LogP contribution in [-0.2, 0) is 11.2 Å². The molecule has 5 heteroatoms. The van der Waals surface area contributed by atoms with Crippen LogP contribution in [0, 0.1) is 30.6 Å². The van der Waals surface area contributed by atoms with Gasteiger partial charge in [0.05, 0.1) is 5.92 Å². The molecule has 1 aromatic carbocycles. The van der Waals surface area contributed by atoms with Gasteiger partial charge in [0.15, 0.2) is 0 Å². The smallest absolute Gasteiger partial charge is 0.253 e. The van der Waals surface area contributed by atoms with Crippen LogP contribution in [0.2, 0.25) is 0 Å². The summed E-state index contributed by atoms with van der Waals surface area (Å²) in [5.74, 6) is 1.55. The van der Waals surface area contributed by atoms with Gasteiger partial charge >= 0.3 is 0 Å². The zero-order chi connectivity index (χ0) is 22.7. The molecular weight excluding hydrogens is 398 g/mol. The summed E-state index contributed by atoms with van der Waals surface area (Å²) < 4.78 is 0. The second-order valence-corrected chi connectivity index (χ2v) is 9.83. The number of carbonyl (C=O) groups excluding carboxylic acids is 2. The Bertz CT molecular complexity index is 945. The predicted molar refractivity (Wildman–Crippen MR) is 126 cm³/mol. The molecule has 2 fully saturated rings. The van der Waals surface area contributed by atoms with Crippen molar-refractivity contribution in [2.45, 2.75) is 52.5 Å². The van der Waals surface area contributed by atoms with E-state index in [1.807, 2.05) is 17.0 Å². The monoisotopic (exact) mass is 433 g/mol. The highest BCUT2D eigenvalue weighted by molar-refractivity contribution is 5.94. The Labute approximate surface area is 191 Å². The number of aromatic nitrogens is 1. The van der Waals surface area contributed by atoms with Crippen molar-refractivity contribution in [3.05, 3.63) is 65.5 Å². The van der Waals surface area contributed by atoms with Crippen LogP contribution in [0.15, 0.2) is 48.8 Å². The van der Waals surface area contributed by atoms with Crippen molar-refractivity contribution in [1.82, 2.24) is 15.2 Å². The average molecular weight is 434 g/mol. The highest BCUT2D eigenvalue weighted by atomic mass is 16.2. The lowest BCUT2D eigenvalue weighted by atomic mass is 9.66. The standard InChI is InChI=1S/C27H35N3O2/c1-18-6-4-5-7-21(18)12-15-30(27(32)22-10-13-28-14-11-22)17-23-16-24-19(2)8-9-20(3)25(24)29-26(23)31/h4-7,10-11,13-14,19-20,23-25H,8-9,12,15-17H2,1-3H3,(H,29,31). The summed E-state index contributed by atoms with van der Waals surface area (Å²) in [6.07, 6.45) is 7.34. The van der Waals surface area contributed by atoms with Crippen molar-refractivity contribution in [3.63, 3.8) is 0 Å². The van der Waals surface area contributed by atoms with Gasteiger partial charge in [-0.05, 0) is 67.2 Å². The quantitative estimate of drug-likeness (QED) is 0.740. The molecule has 0 radical (unpaired) electrons. The zero-order valence-electron chi connectivity index (χ0n) is 19.5. The maximum Gasteiger partial charge on any atom is 0.253 e. The molecule has 1 aromatic heterocycles. The Morgan fingerprint density at radius 1 is 1.09 bits per heavy atom. The maximum atomic E-state index is 13.4. The Morgan fingerprint density at radius 2 is 1.81 bits per heavy atom. The molecular formula is C27H35N3O2. The Kier molecular flexibility index (Phi) is 6.92. The molecule has 5 unspecified atom stereocenters. The van der Waals surface area contributed by atoms with Gasteiger partial charge in [-0.25, -0.2) is 0 Å². The fourth-order valence-corrected chi connectivity index (χ4v) is 5.56. The summed E-state index contributed by atoms with van der Waals surface area (Å²) in [7, 11) is 0. The molecule has 2 aliphatic rings. The van der Waals surface area contributed by atoms with E-state index in [0.717, 1.165) is 12.8 Å². The third-order valence-corrected chi connectivity index (χ3v) is 7.69. The minimum Gasteiger partial charge on any atom is -0.353 e. The van der Waals surface area contributed by atoms with Crippen molar-refractivity contribution in [2.24, 2.45) is 23.7 Å². The van der Waals surface area contributed by atoms with Gasteiger partial charge in [-0.3, -0.25) is 14.6 Å². The van der Waals surface area contributed by atoms with Crippen molar-refractivity contribution in [3.8, 4) is 0 Å². The molecule has 170 valence electrons. The number of hydrogen-bond donors (Lipinski definition) is 1. The number of aryl methyl sites for hydroxylation is 1. The van der Waals surface area contributed by atoms with Gasteiger partial charge in [0.1, 0.15) is 0 Å². The molecule has 5 atom stereocenters. The van der Waals surface area contributed by atoms with Crippen molar-refractivity contribution >= 4 is 11.8 Å². The van der Waals surface area contributed by atoms with Crippen molar-refractivity contribution in [2.75, 3.05) is 13.1 Å². The van der Waals surface area contributed by atoms with Crippen LogP contribution in [-0.4, -0.2) is 40.8 Å². The van der Waals surface area contributed by atoms with E-state index in [-0.39, 0.29) is 23.8 Å². The van der Waals surface area contributed by atoms with E-state index in [0.29, 0.717) is 36.4 Å². The molecule has 2 aromatic rings. The molecule has 2 amide bonds. The van der Waals surface area contributed by atoms with E-state index < -0.39 is 0 Å². The first-order chi connectivity index (χ1) is 15.4. The number of nitrogens with zero attached hydrogens (tertiary/aromatic N) is 2. The first-order valence-corrected chi connectivity index (χ1v) is 12.0. The minimum atomic E-state index is -0.161. The highest BCUT2D eigenvalue weighted by Crippen LogP contribution is 2.40. The summed E-state index contributed by atoms with van der Waals surface area (Å²) in [5, 5.41) is 3.33.